The lowest BCUT2D eigenvalue weighted by molar-refractivity contribution is -0.384. The van der Waals surface area contributed by atoms with Crippen molar-refractivity contribution in [3.63, 3.8) is 0 Å². The van der Waals surface area contributed by atoms with E-state index in [4.69, 9.17) is 5.11 Å². The molecule has 0 aliphatic carbocycles. The molecule has 0 fully saturated rings. The van der Waals surface area contributed by atoms with Gasteiger partial charge in [-0.1, -0.05) is 13.0 Å². The van der Waals surface area contributed by atoms with E-state index in [1.807, 2.05) is 6.92 Å². The van der Waals surface area contributed by atoms with Gasteiger partial charge in [-0.3, -0.25) is 20.4 Å². The number of carboxylic acids is 1. The van der Waals surface area contributed by atoms with Crippen LogP contribution in [0.2, 0.25) is 0 Å². The average molecular weight is 266 g/mol. The zero-order chi connectivity index (χ0) is 14.4. The van der Waals surface area contributed by atoms with E-state index in [1.54, 1.807) is 0 Å². The lowest BCUT2D eigenvalue weighted by Crippen LogP contribution is -2.19. The van der Waals surface area contributed by atoms with Gasteiger partial charge in [0.05, 0.1) is 4.92 Å². The van der Waals surface area contributed by atoms with Crippen molar-refractivity contribution in [2.24, 2.45) is 0 Å². The van der Waals surface area contributed by atoms with Gasteiger partial charge < -0.3 is 5.11 Å². The number of nitrogens with zero attached hydrogens (tertiary/aromatic N) is 2. The largest absolute Gasteiger partial charge is 0.478 e. The molecule has 7 nitrogen and oxygen atoms in total. The van der Waals surface area contributed by atoms with E-state index in [2.05, 4.69) is 0 Å². The Bertz CT molecular complexity index is 513. The van der Waals surface area contributed by atoms with Gasteiger partial charge in [-0.2, -0.15) is 0 Å². The quantitative estimate of drug-likeness (QED) is 0.465. The van der Waals surface area contributed by atoms with Crippen LogP contribution >= 0.6 is 0 Å². The van der Waals surface area contributed by atoms with E-state index in [9.17, 15) is 20.1 Å². The van der Waals surface area contributed by atoms with Gasteiger partial charge in [-0.05, 0) is 24.1 Å². The third-order valence-electron chi connectivity index (χ3n) is 2.33. The van der Waals surface area contributed by atoms with Crippen molar-refractivity contribution in [1.29, 1.82) is 0 Å². The molecule has 7 heteroatoms. The third kappa shape index (κ3) is 4.07. The lowest BCUT2D eigenvalue weighted by Gasteiger charge is -2.15. The predicted octanol–water partition coefficient (Wildman–Crippen LogP) is 2.30. The van der Waals surface area contributed by atoms with Crippen molar-refractivity contribution >= 4 is 23.4 Å². The number of anilines is 1. The van der Waals surface area contributed by atoms with Crippen LogP contribution in [0.4, 0.5) is 11.4 Å². The van der Waals surface area contributed by atoms with E-state index < -0.39 is 10.9 Å². The molecular formula is C12H14N2O5. The number of carbonyl (C=O) groups is 1. The van der Waals surface area contributed by atoms with Crippen LogP contribution in [0.3, 0.4) is 0 Å². The number of hydroxylamine groups is 1. The maximum Gasteiger partial charge on any atom is 0.328 e. The number of aliphatic carboxylic acids is 1. The van der Waals surface area contributed by atoms with Gasteiger partial charge in [0, 0.05) is 18.7 Å². The van der Waals surface area contributed by atoms with Gasteiger partial charge in [0.15, 0.2) is 0 Å². The van der Waals surface area contributed by atoms with Crippen LogP contribution in [0.25, 0.3) is 6.08 Å². The fourth-order valence-electron chi connectivity index (χ4n) is 1.51. The summed E-state index contributed by atoms with van der Waals surface area (Å²) in [7, 11) is 0. The van der Waals surface area contributed by atoms with Crippen molar-refractivity contribution < 1.29 is 20.0 Å². The SMILES string of the molecule is CCCN(O)c1ccc(/C=C/C(=O)O)cc1[N+](=O)[O-]. The number of nitro groups is 1. The molecule has 0 atom stereocenters. The summed E-state index contributed by atoms with van der Waals surface area (Å²) in [4.78, 5) is 20.7. The molecule has 0 saturated carbocycles. The zero-order valence-electron chi connectivity index (χ0n) is 10.3. The normalized spacial score (nSPS) is 10.6. The minimum Gasteiger partial charge on any atom is -0.478 e. The second kappa shape index (κ2) is 6.50. The Morgan fingerprint density at radius 3 is 2.74 bits per heavy atom. The monoisotopic (exact) mass is 266 g/mol. The molecule has 0 unspecified atom stereocenters. The second-order valence-corrected chi connectivity index (χ2v) is 3.80. The molecule has 0 aliphatic heterocycles. The molecular weight excluding hydrogens is 252 g/mol. The molecule has 1 rings (SSSR count). The fourth-order valence-corrected chi connectivity index (χ4v) is 1.51. The van der Waals surface area contributed by atoms with Crippen LogP contribution in [-0.4, -0.2) is 27.8 Å². The first-order chi connectivity index (χ1) is 8.95. The molecule has 0 aromatic heterocycles. The number of carboxylic acid groups (broad SMARTS) is 1. The van der Waals surface area contributed by atoms with Crippen molar-refractivity contribution in [2.45, 2.75) is 13.3 Å². The molecule has 2 N–H and O–H groups in total. The molecule has 102 valence electrons. The Labute approximate surface area is 109 Å². The Morgan fingerprint density at radius 2 is 2.21 bits per heavy atom. The highest BCUT2D eigenvalue weighted by molar-refractivity contribution is 5.85. The highest BCUT2D eigenvalue weighted by Crippen LogP contribution is 2.28. The van der Waals surface area contributed by atoms with E-state index in [0.29, 0.717) is 12.0 Å². The Morgan fingerprint density at radius 1 is 1.53 bits per heavy atom. The molecule has 0 radical (unpaired) electrons. The molecule has 1 aromatic rings. The number of hydrogen-bond donors (Lipinski definition) is 2. The highest BCUT2D eigenvalue weighted by atomic mass is 16.6. The number of benzene rings is 1. The molecule has 1 aromatic carbocycles. The zero-order valence-corrected chi connectivity index (χ0v) is 10.3. The van der Waals surface area contributed by atoms with Gasteiger partial charge in [0.25, 0.3) is 5.69 Å². The van der Waals surface area contributed by atoms with E-state index in [-0.39, 0.29) is 17.9 Å². The van der Waals surface area contributed by atoms with E-state index in [0.717, 1.165) is 11.1 Å². The van der Waals surface area contributed by atoms with Crippen molar-refractivity contribution in [1.82, 2.24) is 0 Å². The topological polar surface area (TPSA) is 104 Å². The summed E-state index contributed by atoms with van der Waals surface area (Å²) < 4.78 is 0. The van der Waals surface area contributed by atoms with Gasteiger partial charge in [0.2, 0.25) is 0 Å². The summed E-state index contributed by atoms with van der Waals surface area (Å²) in [6.45, 7) is 2.10. The number of rotatable bonds is 6. The van der Waals surface area contributed by atoms with Gasteiger partial charge >= 0.3 is 5.97 Å². The summed E-state index contributed by atoms with van der Waals surface area (Å²) in [5, 5.41) is 29.9. The van der Waals surface area contributed by atoms with Crippen LogP contribution < -0.4 is 5.06 Å². The summed E-state index contributed by atoms with van der Waals surface area (Å²) in [5.74, 6) is -1.14. The first kappa shape index (κ1) is 14.7. The molecule has 19 heavy (non-hydrogen) atoms. The summed E-state index contributed by atoms with van der Waals surface area (Å²) >= 11 is 0. The molecule has 0 bridgehead atoms. The smallest absolute Gasteiger partial charge is 0.328 e. The van der Waals surface area contributed by atoms with Crippen LogP contribution in [0.15, 0.2) is 24.3 Å². The summed E-state index contributed by atoms with van der Waals surface area (Å²) in [5.41, 5.74) is 0.186. The fraction of sp³-hybridized carbons (Fsp3) is 0.250. The molecule has 0 amide bonds. The average Bonchev–Trinajstić information content (AvgIpc) is 2.36. The summed E-state index contributed by atoms with van der Waals surface area (Å²) in [6.07, 6.45) is 2.77. The van der Waals surface area contributed by atoms with Crippen molar-refractivity contribution in [3.05, 3.63) is 40.0 Å². The van der Waals surface area contributed by atoms with Crippen molar-refractivity contribution in [2.75, 3.05) is 11.6 Å². The van der Waals surface area contributed by atoms with E-state index in [1.165, 1.54) is 24.3 Å². The molecule has 0 heterocycles. The molecule has 0 spiro atoms. The Kier molecular flexibility index (Phi) is 5.01. The maximum atomic E-state index is 10.9. The lowest BCUT2D eigenvalue weighted by atomic mass is 10.1. The molecule has 0 saturated heterocycles. The highest BCUT2D eigenvalue weighted by Gasteiger charge is 2.18. The summed E-state index contributed by atoms with van der Waals surface area (Å²) in [6, 6.07) is 4.10. The predicted molar refractivity (Wildman–Crippen MR) is 69.2 cm³/mol. The van der Waals surface area contributed by atoms with Gasteiger partial charge in [-0.25, -0.2) is 4.79 Å². The van der Waals surface area contributed by atoms with Crippen LogP contribution in [0, 0.1) is 10.1 Å². The third-order valence-corrected chi connectivity index (χ3v) is 2.33. The first-order valence-electron chi connectivity index (χ1n) is 5.61. The Hall–Kier alpha value is -2.41. The maximum absolute atomic E-state index is 10.9. The minimum atomic E-state index is -1.14. The van der Waals surface area contributed by atoms with E-state index >= 15 is 0 Å². The van der Waals surface area contributed by atoms with Gasteiger partial charge in [-0.15, -0.1) is 0 Å². The minimum absolute atomic E-state index is 0.0827. The number of nitro benzene ring substituents is 1. The van der Waals surface area contributed by atoms with Crippen molar-refractivity contribution in [3.8, 4) is 0 Å². The standard InChI is InChI=1S/C12H14N2O5/c1-2-7-13(17)10-5-3-9(4-6-12(15)16)8-11(10)14(18)19/h3-6,8,17H,2,7H2,1H3,(H,15,16)/b6-4+. The van der Waals surface area contributed by atoms with Crippen LogP contribution in [0.5, 0.6) is 0 Å². The molecule has 0 aliphatic rings. The Balaban J connectivity index is 3.14. The second-order valence-electron chi connectivity index (χ2n) is 3.80. The first-order valence-corrected chi connectivity index (χ1v) is 5.61. The van der Waals surface area contributed by atoms with Crippen LogP contribution in [-0.2, 0) is 4.79 Å². The van der Waals surface area contributed by atoms with Crippen LogP contribution in [0.1, 0.15) is 18.9 Å². The van der Waals surface area contributed by atoms with Gasteiger partial charge in [0.1, 0.15) is 5.69 Å². The number of hydrogen-bond acceptors (Lipinski definition) is 5.